The summed E-state index contributed by atoms with van der Waals surface area (Å²) in [5.74, 6) is -3.34. The number of anilines is 2. The topological polar surface area (TPSA) is 46.3 Å². The van der Waals surface area contributed by atoms with Gasteiger partial charge in [0.25, 0.3) is 5.91 Å². The zero-order chi connectivity index (χ0) is 14.9. The summed E-state index contributed by atoms with van der Waals surface area (Å²) in [4.78, 5) is 13.3. The molecule has 0 heterocycles. The summed E-state index contributed by atoms with van der Waals surface area (Å²) >= 11 is 0. The number of carbonyl (C=O) groups excluding carboxylic acids is 1. The quantitative estimate of drug-likeness (QED) is 0.860. The molecule has 2 N–H and O–H groups in total. The monoisotopic (exact) mass is 280 g/mol. The molecule has 0 spiro atoms. The molecule has 6 heteroatoms. The summed E-state index contributed by atoms with van der Waals surface area (Å²) < 4.78 is 39.0. The van der Waals surface area contributed by atoms with E-state index < -0.39 is 23.4 Å². The van der Waals surface area contributed by atoms with Crippen molar-refractivity contribution >= 4 is 17.3 Å². The van der Waals surface area contributed by atoms with E-state index in [1.54, 1.807) is 0 Å². The molecular formula is C14H11F3N2O. The number of nitrogen functional groups attached to an aromatic ring is 1. The Morgan fingerprint density at radius 2 is 1.60 bits per heavy atom. The highest BCUT2D eigenvalue weighted by Gasteiger charge is 2.19. The molecule has 0 aliphatic rings. The number of rotatable bonds is 2. The summed E-state index contributed by atoms with van der Waals surface area (Å²) in [6.07, 6.45) is 0. The van der Waals surface area contributed by atoms with Crippen molar-refractivity contribution in [3.63, 3.8) is 0 Å². The molecule has 0 unspecified atom stereocenters. The molecule has 2 aromatic carbocycles. The third-order valence-corrected chi connectivity index (χ3v) is 2.84. The van der Waals surface area contributed by atoms with Crippen LogP contribution in [0.25, 0.3) is 0 Å². The highest BCUT2D eigenvalue weighted by Crippen LogP contribution is 2.21. The van der Waals surface area contributed by atoms with Crippen LogP contribution in [-0.2, 0) is 0 Å². The van der Waals surface area contributed by atoms with Crippen molar-refractivity contribution < 1.29 is 18.0 Å². The van der Waals surface area contributed by atoms with E-state index in [1.807, 2.05) is 0 Å². The van der Waals surface area contributed by atoms with Gasteiger partial charge in [0.1, 0.15) is 5.82 Å². The first-order chi connectivity index (χ1) is 9.40. The van der Waals surface area contributed by atoms with Gasteiger partial charge >= 0.3 is 0 Å². The van der Waals surface area contributed by atoms with Gasteiger partial charge in [0.05, 0.1) is 5.56 Å². The van der Waals surface area contributed by atoms with Gasteiger partial charge in [-0.25, -0.2) is 13.2 Å². The minimum atomic E-state index is -1.16. The molecule has 0 aromatic heterocycles. The minimum absolute atomic E-state index is 0.157. The SMILES string of the molecule is CN(C(=O)c1cc(F)c(F)cc1N)c1ccc(F)cc1. The average molecular weight is 280 g/mol. The van der Waals surface area contributed by atoms with Gasteiger partial charge in [0.2, 0.25) is 0 Å². The predicted octanol–water partition coefficient (Wildman–Crippen LogP) is 2.96. The van der Waals surface area contributed by atoms with E-state index in [0.717, 1.165) is 12.1 Å². The Balaban J connectivity index is 2.36. The summed E-state index contributed by atoms with van der Waals surface area (Å²) in [7, 11) is 1.43. The Kier molecular flexibility index (Phi) is 3.65. The maximum atomic E-state index is 13.2. The van der Waals surface area contributed by atoms with Crippen LogP contribution in [0.15, 0.2) is 36.4 Å². The zero-order valence-corrected chi connectivity index (χ0v) is 10.5. The Morgan fingerprint density at radius 1 is 1.05 bits per heavy atom. The van der Waals surface area contributed by atoms with Gasteiger partial charge in [0.15, 0.2) is 11.6 Å². The van der Waals surface area contributed by atoms with Gasteiger partial charge in [-0.1, -0.05) is 0 Å². The molecule has 0 bridgehead atoms. The normalized spacial score (nSPS) is 10.4. The fraction of sp³-hybridized carbons (Fsp3) is 0.0714. The second-order valence-corrected chi connectivity index (χ2v) is 4.19. The Labute approximate surface area is 113 Å². The number of nitrogens with zero attached hydrogens (tertiary/aromatic N) is 1. The molecule has 0 aliphatic carbocycles. The molecule has 0 saturated heterocycles. The third-order valence-electron chi connectivity index (χ3n) is 2.84. The van der Waals surface area contributed by atoms with Crippen LogP contribution in [0, 0.1) is 17.5 Å². The molecule has 2 rings (SSSR count). The zero-order valence-electron chi connectivity index (χ0n) is 10.5. The van der Waals surface area contributed by atoms with E-state index in [2.05, 4.69) is 0 Å². The number of carbonyl (C=O) groups is 1. The van der Waals surface area contributed by atoms with Crippen molar-refractivity contribution in [2.24, 2.45) is 0 Å². The highest BCUT2D eigenvalue weighted by molar-refractivity contribution is 6.08. The second-order valence-electron chi connectivity index (χ2n) is 4.19. The summed E-state index contributed by atoms with van der Waals surface area (Å²) in [5, 5.41) is 0. The van der Waals surface area contributed by atoms with Gasteiger partial charge in [-0.15, -0.1) is 0 Å². The number of amides is 1. The lowest BCUT2D eigenvalue weighted by atomic mass is 10.1. The average Bonchev–Trinajstić information content (AvgIpc) is 2.42. The van der Waals surface area contributed by atoms with Crippen molar-refractivity contribution in [1.29, 1.82) is 0 Å². The molecule has 0 radical (unpaired) electrons. The van der Waals surface area contributed by atoms with Crippen LogP contribution in [0.1, 0.15) is 10.4 Å². The number of nitrogens with two attached hydrogens (primary N) is 1. The standard InChI is InChI=1S/C14H11F3N2O/c1-19(9-4-2-8(15)3-5-9)14(20)10-6-11(16)12(17)7-13(10)18/h2-7H,18H2,1H3. The van der Waals surface area contributed by atoms with Gasteiger partial charge in [-0.2, -0.15) is 0 Å². The van der Waals surface area contributed by atoms with Crippen molar-refractivity contribution in [2.75, 3.05) is 17.7 Å². The Morgan fingerprint density at radius 3 is 2.20 bits per heavy atom. The number of hydrogen-bond donors (Lipinski definition) is 1. The van der Waals surface area contributed by atoms with Gasteiger partial charge in [0, 0.05) is 24.5 Å². The van der Waals surface area contributed by atoms with Crippen LogP contribution >= 0.6 is 0 Å². The van der Waals surface area contributed by atoms with Crippen molar-refractivity contribution in [1.82, 2.24) is 0 Å². The largest absolute Gasteiger partial charge is 0.398 e. The molecule has 0 fully saturated rings. The summed E-state index contributed by atoms with van der Waals surface area (Å²) in [6.45, 7) is 0. The van der Waals surface area contributed by atoms with E-state index in [-0.39, 0.29) is 11.3 Å². The van der Waals surface area contributed by atoms with Crippen LogP contribution in [0.4, 0.5) is 24.5 Å². The molecule has 0 aliphatic heterocycles. The van der Waals surface area contributed by atoms with Crippen LogP contribution < -0.4 is 10.6 Å². The van der Waals surface area contributed by atoms with Gasteiger partial charge in [-0.05, 0) is 30.3 Å². The minimum Gasteiger partial charge on any atom is -0.398 e. The molecule has 0 atom stereocenters. The predicted molar refractivity (Wildman–Crippen MR) is 69.9 cm³/mol. The van der Waals surface area contributed by atoms with E-state index in [0.29, 0.717) is 5.69 Å². The molecule has 20 heavy (non-hydrogen) atoms. The Bertz CT molecular complexity index is 656. The highest BCUT2D eigenvalue weighted by atomic mass is 19.2. The maximum absolute atomic E-state index is 13.2. The van der Waals surface area contributed by atoms with Crippen LogP contribution in [0.3, 0.4) is 0 Å². The molecular weight excluding hydrogens is 269 g/mol. The molecule has 0 saturated carbocycles. The van der Waals surface area contributed by atoms with Crippen LogP contribution in [0.5, 0.6) is 0 Å². The van der Waals surface area contributed by atoms with E-state index in [9.17, 15) is 18.0 Å². The molecule has 104 valence electrons. The fourth-order valence-corrected chi connectivity index (χ4v) is 1.71. The maximum Gasteiger partial charge on any atom is 0.260 e. The van der Waals surface area contributed by atoms with Gasteiger partial charge in [-0.3, -0.25) is 4.79 Å². The second kappa shape index (κ2) is 5.24. The lowest BCUT2D eigenvalue weighted by molar-refractivity contribution is 0.0993. The third kappa shape index (κ3) is 2.59. The molecule has 3 nitrogen and oxygen atoms in total. The van der Waals surface area contributed by atoms with Crippen molar-refractivity contribution in [2.45, 2.75) is 0 Å². The van der Waals surface area contributed by atoms with Crippen LogP contribution in [0.2, 0.25) is 0 Å². The van der Waals surface area contributed by atoms with E-state index >= 15 is 0 Å². The van der Waals surface area contributed by atoms with Crippen molar-refractivity contribution in [3.05, 3.63) is 59.4 Å². The van der Waals surface area contributed by atoms with Crippen LogP contribution in [-0.4, -0.2) is 13.0 Å². The molecule has 2 aromatic rings. The van der Waals surface area contributed by atoms with E-state index in [4.69, 9.17) is 5.73 Å². The number of hydrogen-bond acceptors (Lipinski definition) is 2. The lowest BCUT2D eigenvalue weighted by Gasteiger charge is -2.18. The summed E-state index contributed by atoms with van der Waals surface area (Å²) in [6, 6.07) is 6.65. The molecule has 1 amide bonds. The first kappa shape index (κ1) is 13.9. The van der Waals surface area contributed by atoms with Gasteiger partial charge < -0.3 is 10.6 Å². The first-order valence-electron chi connectivity index (χ1n) is 5.68. The fourth-order valence-electron chi connectivity index (χ4n) is 1.71. The van der Waals surface area contributed by atoms with E-state index in [1.165, 1.54) is 36.2 Å². The Hall–Kier alpha value is -2.50. The number of benzene rings is 2. The first-order valence-corrected chi connectivity index (χ1v) is 5.68. The smallest absolute Gasteiger partial charge is 0.260 e. The summed E-state index contributed by atoms with van der Waals surface area (Å²) in [5.41, 5.74) is 5.60. The lowest BCUT2D eigenvalue weighted by Crippen LogP contribution is -2.27. The van der Waals surface area contributed by atoms with Crippen molar-refractivity contribution in [3.8, 4) is 0 Å². The number of halogens is 3.